The van der Waals surface area contributed by atoms with E-state index < -0.39 is 0 Å². The molecule has 23 heavy (non-hydrogen) atoms. The number of halogens is 1. The van der Waals surface area contributed by atoms with Crippen LogP contribution in [-0.2, 0) is 5.41 Å². The summed E-state index contributed by atoms with van der Waals surface area (Å²) in [6, 6.07) is 6.17. The Kier molecular flexibility index (Phi) is 6.79. The molecule has 1 fully saturated rings. The minimum Gasteiger partial charge on any atom is -0.318 e. The second-order valence-electron chi connectivity index (χ2n) is 6.92. The summed E-state index contributed by atoms with van der Waals surface area (Å²) in [7, 11) is 2.00. The Morgan fingerprint density at radius 3 is 2.78 bits per heavy atom. The molecule has 2 N–H and O–H groups in total. The molecule has 1 aliphatic rings. The van der Waals surface area contributed by atoms with E-state index in [4.69, 9.17) is 0 Å². The number of allylic oxidation sites excluding steroid dienone is 1. The molecule has 0 radical (unpaired) electrons. The Hall–Kier alpha value is -1.19. The highest BCUT2D eigenvalue weighted by atomic mass is 19.1. The van der Waals surface area contributed by atoms with E-state index >= 15 is 0 Å². The third-order valence-corrected chi connectivity index (χ3v) is 5.06. The van der Waals surface area contributed by atoms with Crippen molar-refractivity contribution in [2.75, 3.05) is 20.1 Å². The molecule has 0 aliphatic heterocycles. The van der Waals surface area contributed by atoms with Crippen molar-refractivity contribution in [2.45, 2.75) is 56.9 Å². The van der Waals surface area contributed by atoms with Crippen molar-refractivity contribution >= 4 is 0 Å². The average molecular weight is 318 g/mol. The first-order valence-corrected chi connectivity index (χ1v) is 8.87. The van der Waals surface area contributed by atoms with Crippen LogP contribution in [0.25, 0.3) is 0 Å². The van der Waals surface area contributed by atoms with Crippen LogP contribution in [0.4, 0.5) is 4.39 Å². The van der Waals surface area contributed by atoms with Gasteiger partial charge in [-0.15, -0.1) is 6.58 Å². The van der Waals surface area contributed by atoms with Gasteiger partial charge in [0.05, 0.1) is 0 Å². The predicted molar refractivity (Wildman–Crippen MR) is 96.4 cm³/mol. The Balaban J connectivity index is 1.78. The summed E-state index contributed by atoms with van der Waals surface area (Å²) in [5, 5.41) is 6.91. The van der Waals surface area contributed by atoms with Gasteiger partial charge in [-0.25, -0.2) is 4.39 Å². The minimum atomic E-state index is -0.0941. The molecular weight excluding hydrogens is 287 g/mol. The zero-order chi connectivity index (χ0) is 16.7. The molecule has 0 spiro atoms. The number of nitrogens with one attached hydrogen (secondary N) is 2. The van der Waals surface area contributed by atoms with Gasteiger partial charge in [0, 0.05) is 12.6 Å². The standard InChI is InChI=1S/C20H31FN2/c1-4-5-7-18(15-22-3)23-13-6-10-20(11-12-20)17-8-9-19(21)16(2)14-17/h4,8-9,14,18,22-23H,1,5-7,10-13,15H2,2-3H3. The highest BCUT2D eigenvalue weighted by Crippen LogP contribution is 2.51. The molecule has 0 bridgehead atoms. The lowest BCUT2D eigenvalue weighted by Crippen LogP contribution is -2.38. The smallest absolute Gasteiger partial charge is 0.126 e. The lowest BCUT2D eigenvalue weighted by molar-refractivity contribution is 0.445. The van der Waals surface area contributed by atoms with Gasteiger partial charge in [-0.3, -0.25) is 0 Å². The first-order chi connectivity index (χ1) is 11.1. The van der Waals surface area contributed by atoms with Crippen LogP contribution in [0.1, 0.15) is 49.7 Å². The summed E-state index contributed by atoms with van der Waals surface area (Å²) in [5.74, 6) is -0.0941. The number of benzene rings is 1. The summed E-state index contributed by atoms with van der Waals surface area (Å²) >= 11 is 0. The van der Waals surface area contributed by atoms with Gasteiger partial charge in [-0.05, 0) is 81.6 Å². The molecule has 0 heterocycles. The van der Waals surface area contributed by atoms with Gasteiger partial charge in [0.15, 0.2) is 0 Å². The summed E-state index contributed by atoms with van der Waals surface area (Å²) in [6.45, 7) is 7.70. The van der Waals surface area contributed by atoms with Gasteiger partial charge >= 0.3 is 0 Å². The molecular formula is C20H31FN2. The van der Waals surface area contributed by atoms with E-state index in [-0.39, 0.29) is 5.82 Å². The monoisotopic (exact) mass is 318 g/mol. The van der Waals surface area contributed by atoms with Gasteiger partial charge in [0.1, 0.15) is 5.82 Å². The topological polar surface area (TPSA) is 24.1 Å². The van der Waals surface area contributed by atoms with Crippen molar-refractivity contribution in [3.8, 4) is 0 Å². The van der Waals surface area contributed by atoms with Crippen LogP contribution in [-0.4, -0.2) is 26.2 Å². The summed E-state index contributed by atoms with van der Waals surface area (Å²) in [6.07, 6.45) is 9.03. The maximum absolute atomic E-state index is 13.5. The van der Waals surface area contributed by atoms with Crippen molar-refractivity contribution < 1.29 is 4.39 Å². The first kappa shape index (κ1) is 18.2. The van der Waals surface area contributed by atoms with E-state index in [0.29, 0.717) is 11.5 Å². The van der Waals surface area contributed by atoms with Gasteiger partial charge in [0.25, 0.3) is 0 Å². The number of rotatable bonds is 11. The Morgan fingerprint density at radius 2 is 2.17 bits per heavy atom. The maximum atomic E-state index is 13.5. The molecule has 1 atom stereocenters. The highest BCUT2D eigenvalue weighted by molar-refractivity contribution is 5.34. The molecule has 1 saturated carbocycles. The van der Waals surface area contributed by atoms with E-state index in [2.05, 4.69) is 17.2 Å². The molecule has 3 heteroatoms. The van der Waals surface area contributed by atoms with Crippen molar-refractivity contribution in [3.63, 3.8) is 0 Å². The molecule has 1 aromatic rings. The fraction of sp³-hybridized carbons (Fsp3) is 0.600. The number of likely N-dealkylation sites (N-methyl/N-ethyl adjacent to an activating group) is 1. The Labute approximate surface area is 140 Å². The molecule has 0 amide bonds. The van der Waals surface area contributed by atoms with Gasteiger partial charge in [0.2, 0.25) is 0 Å². The molecule has 0 aromatic heterocycles. The largest absolute Gasteiger partial charge is 0.318 e. The van der Waals surface area contributed by atoms with Crippen LogP contribution < -0.4 is 10.6 Å². The van der Waals surface area contributed by atoms with Crippen molar-refractivity contribution in [2.24, 2.45) is 0 Å². The lowest BCUT2D eigenvalue weighted by atomic mass is 9.90. The van der Waals surface area contributed by atoms with Gasteiger partial charge in [-0.1, -0.05) is 18.2 Å². The quantitative estimate of drug-likeness (QED) is 0.474. The van der Waals surface area contributed by atoms with Crippen LogP contribution in [0.5, 0.6) is 0 Å². The Bertz CT molecular complexity index is 508. The van der Waals surface area contributed by atoms with E-state index in [1.54, 1.807) is 6.07 Å². The van der Waals surface area contributed by atoms with Crippen LogP contribution in [0.3, 0.4) is 0 Å². The summed E-state index contributed by atoms with van der Waals surface area (Å²) in [4.78, 5) is 0. The third kappa shape index (κ3) is 5.15. The molecule has 2 nitrogen and oxygen atoms in total. The molecule has 0 saturated heterocycles. The SMILES string of the molecule is C=CCCC(CNC)NCCCC1(c2ccc(F)c(C)c2)CC1. The van der Waals surface area contributed by atoms with Gasteiger partial charge in [-0.2, -0.15) is 0 Å². The molecule has 1 aromatic carbocycles. The van der Waals surface area contributed by atoms with Gasteiger partial charge < -0.3 is 10.6 Å². The molecule has 1 aliphatic carbocycles. The highest BCUT2D eigenvalue weighted by Gasteiger charge is 2.43. The van der Waals surface area contributed by atoms with E-state index in [1.165, 1.54) is 31.2 Å². The maximum Gasteiger partial charge on any atom is 0.126 e. The zero-order valence-corrected chi connectivity index (χ0v) is 14.6. The third-order valence-electron chi connectivity index (χ3n) is 5.06. The van der Waals surface area contributed by atoms with E-state index in [0.717, 1.165) is 31.5 Å². The fourth-order valence-corrected chi connectivity index (χ4v) is 3.38. The predicted octanol–water partition coefficient (Wildman–Crippen LogP) is 4.09. The van der Waals surface area contributed by atoms with Crippen molar-refractivity contribution in [1.82, 2.24) is 10.6 Å². The minimum absolute atomic E-state index is 0.0941. The second kappa shape index (κ2) is 8.60. The summed E-state index contributed by atoms with van der Waals surface area (Å²) in [5.41, 5.74) is 2.42. The van der Waals surface area contributed by atoms with Crippen LogP contribution in [0.15, 0.2) is 30.9 Å². The Morgan fingerprint density at radius 1 is 1.39 bits per heavy atom. The first-order valence-electron chi connectivity index (χ1n) is 8.87. The van der Waals surface area contributed by atoms with Crippen LogP contribution >= 0.6 is 0 Å². The van der Waals surface area contributed by atoms with Crippen molar-refractivity contribution in [3.05, 3.63) is 47.8 Å². The van der Waals surface area contributed by atoms with E-state index in [9.17, 15) is 4.39 Å². The second-order valence-corrected chi connectivity index (χ2v) is 6.92. The normalized spacial score (nSPS) is 17.0. The van der Waals surface area contributed by atoms with Crippen molar-refractivity contribution in [1.29, 1.82) is 0 Å². The van der Waals surface area contributed by atoms with Crippen LogP contribution in [0, 0.1) is 12.7 Å². The zero-order valence-electron chi connectivity index (χ0n) is 14.6. The number of aryl methyl sites for hydroxylation is 1. The number of hydrogen-bond acceptors (Lipinski definition) is 2. The lowest BCUT2D eigenvalue weighted by Gasteiger charge is -2.20. The summed E-state index contributed by atoms with van der Waals surface area (Å²) < 4.78 is 13.5. The molecule has 128 valence electrons. The average Bonchev–Trinajstić information content (AvgIpc) is 3.32. The molecule has 1 unspecified atom stereocenters. The van der Waals surface area contributed by atoms with E-state index in [1.807, 2.05) is 32.2 Å². The van der Waals surface area contributed by atoms with Crippen LogP contribution in [0.2, 0.25) is 0 Å². The number of hydrogen-bond donors (Lipinski definition) is 2. The fourth-order valence-electron chi connectivity index (χ4n) is 3.38. The molecule has 2 rings (SSSR count).